The lowest BCUT2D eigenvalue weighted by Crippen LogP contribution is -1.99. The number of aromatic nitrogens is 2. The molecule has 0 amide bonds. The summed E-state index contributed by atoms with van der Waals surface area (Å²) in [5, 5.41) is 11.2. The number of aliphatic hydroxyl groups excluding tert-OH is 1. The lowest BCUT2D eigenvalue weighted by molar-refractivity contribution is 0.194. The molecule has 1 aromatic carbocycles. The van der Waals surface area contributed by atoms with Crippen molar-refractivity contribution in [2.24, 2.45) is 0 Å². The zero-order valence-electron chi connectivity index (χ0n) is 10.7. The molecule has 0 saturated carbocycles. The molecule has 1 atom stereocenters. The van der Waals surface area contributed by atoms with Crippen LogP contribution in [0.4, 0.5) is 0 Å². The molecule has 0 fully saturated rings. The Morgan fingerprint density at radius 1 is 1.20 bits per heavy atom. The first-order chi connectivity index (χ1) is 9.58. The first-order valence-electron chi connectivity index (χ1n) is 6.18. The zero-order chi connectivity index (χ0) is 14.3. The molecule has 0 bridgehead atoms. The van der Waals surface area contributed by atoms with Gasteiger partial charge in [0, 0.05) is 16.8 Å². The molecule has 1 N–H and O–H groups in total. The van der Waals surface area contributed by atoms with Gasteiger partial charge in [0.1, 0.15) is 5.65 Å². The molecule has 20 heavy (non-hydrogen) atoms. The van der Waals surface area contributed by atoms with Gasteiger partial charge in [0.25, 0.3) is 0 Å². The second kappa shape index (κ2) is 5.09. The Morgan fingerprint density at radius 2 is 2.00 bits per heavy atom. The van der Waals surface area contributed by atoms with Crippen LogP contribution >= 0.6 is 23.2 Å². The molecule has 0 radical (unpaired) electrons. The van der Waals surface area contributed by atoms with E-state index in [1.54, 1.807) is 19.1 Å². The van der Waals surface area contributed by atoms with Gasteiger partial charge in [-0.3, -0.25) is 0 Å². The van der Waals surface area contributed by atoms with Gasteiger partial charge in [0.2, 0.25) is 0 Å². The van der Waals surface area contributed by atoms with E-state index in [-0.39, 0.29) is 0 Å². The van der Waals surface area contributed by atoms with Crippen molar-refractivity contribution < 1.29 is 5.11 Å². The average Bonchev–Trinajstić information content (AvgIpc) is 2.77. The van der Waals surface area contributed by atoms with Crippen molar-refractivity contribution in [1.29, 1.82) is 0 Å². The molecule has 0 saturated heterocycles. The molecule has 0 aliphatic rings. The summed E-state index contributed by atoms with van der Waals surface area (Å²) in [6.07, 6.45) is 1.21. The largest absolute Gasteiger partial charge is 0.387 e. The molecule has 3 aromatic rings. The van der Waals surface area contributed by atoms with Crippen molar-refractivity contribution in [2.75, 3.05) is 0 Å². The molecule has 102 valence electrons. The fraction of sp³-hybridized carbons (Fsp3) is 0.133. The van der Waals surface area contributed by atoms with Crippen LogP contribution in [-0.2, 0) is 0 Å². The summed E-state index contributed by atoms with van der Waals surface area (Å²) in [4.78, 5) is 4.57. The van der Waals surface area contributed by atoms with E-state index in [0.29, 0.717) is 21.4 Å². The van der Waals surface area contributed by atoms with Gasteiger partial charge in [-0.05, 0) is 37.3 Å². The van der Waals surface area contributed by atoms with Crippen LogP contribution < -0.4 is 0 Å². The monoisotopic (exact) mass is 306 g/mol. The van der Waals surface area contributed by atoms with Gasteiger partial charge in [-0.1, -0.05) is 29.3 Å². The van der Waals surface area contributed by atoms with Crippen LogP contribution in [0.2, 0.25) is 10.0 Å². The Bertz CT molecular complexity index is 781. The van der Waals surface area contributed by atoms with Gasteiger partial charge in [-0.15, -0.1) is 0 Å². The third-order valence-corrected chi connectivity index (χ3v) is 3.70. The Labute approximate surface area is 126 Å². The maximum Gasteiger partial charge on any atom is 0.137 e. The highest BCUT2D eigenvalue weighted by Gasteiger charge is 2.19. The number of nitrogens with zero attached hydrogens (tertiary/aromatic N) is 2. The van der Waals surface area contributed by atoms with Crippen molar-refractivity contribution in [3.63, 3.8) is 0 Å². The van der Waals surface area contributed by atoms with Crippen molar-refractivity contribution in [2.45, 2.75) is 13.0 Å². The van der Waals surface area contributed by atoms with E-state index in [1.807, 2.05) is 34.9 Å². The van der Waals surface area contributed by atoms with Gasteiger partial charge in [0.05, 0.1) is 22.5 Å². The summed E-state index contributed by atoms with van der Waals surface area (Å²) in [5.74, 6) is 0. The van der Waals surface area contributed by atoms with E-state index in [1.165, 1.54) is 0 Å². The van der Waals surface area contributed by atoms with E-state index in [2.05, 4.69) is 4.98 Å². The van der Waals surface area contributed by atoms with E-state index in [0.717, 1.165) is 11.2 Å². The van der Waals surface area contributed by atoms with Crippen molar-refractivity contribution >= 4 is 28.8 Å². The smallest absolute Gasteiger partial charge is 0.137 e. The fourth-order valence-corrected chi connectivity index (χ4v) is 2.79. The number of hydrogen-bond acceptors (Lipinski definition) is 2. The number of pyridine rings is 1. The van der Waals surface area contributed by atoms with Gasteiger partial charge in [-0.25, -0.2) is 4.98 Å². The van der Waals surface area contributed by atoms with Crippen LogP contribution in [0.25, 0.3) is 16.9 Å². The molecular weight excluding hydrogens is 295 g/mol. The molecular formula is C15H12Cl2N2O. The normalized spacial score (nSPS) is 12.8. The third-order valence-electron chi connectivity index (χ3n) is 3.15. The van der Waals surface area contributed by atoms with Crippen molar-refractivity contribution in [1.82, 2.24) is 9.38 Å². The van der Waals surface area contributed by atoms with Gasteiger partial charge in [0.15, 0.2) is 0 Å². The third kappa shape index (κ3) is 2.18. The highest BCUT2D eigenvalue weighted by atomic mass is 35.5. The molecule has 5 heteroatoms. The number of hydrogen-bond donors (Lipinski definition) is 1. The van der Waals surface area contributed by atoms with Gasteiger partial charge in [-0.2, -0.15) is 0 Å². The van der Waals surface area contributed by atoms with Crippen molar-refractivity contribution in [3.8, 4) is 11.3 Å². The first kappa shape index (κ1) is 13.4. The molecule has 3 nitrogen and oxygen atoms in total. The maximum atomic E-state index is 10.1. The Balaban J connectivity index is 2.32. The minimum Gasteiger partial charge on any atom is -0.387 e. The number of halogens is 2. The van der Waals surface area contributed by atoms with Crippen LogP contribution in [0.5, 0.6) is 0 Å². The lowest BCUT2D eigenvalue weighted by atomic mass is 10.1. The molecule has 1 unspecified atom stereocenters. The predicted molar refractivity (Wildman–Crippen MR) is 81.3 cm³/mol. The highest BCUT2D eigenvalue weighted by molar-refractivity contribution is 6.36. The maximum absolute atomic E-state index is 10.1. The van der Waals surface area contributed by atoms with Gasteiger partial charge >= 0.3 is 0 Å². The number of fused-ring (bicyclic) bond motifs is 1. The van der Waals surface area contributed by atoms with E-state index < -0.39 is 6.10 Å². The predicted octanol–water partition coefficient (Wildman–Crippen LogP) is 4.36. The number of aliphatic hydroxyl groups is 1. The summed E-state index contributed by atoms with van der Waals surface area (Å²) in [7, 11) is 0. The number of benzene rings is 1. The zero-order valence-corrected chi connectivity index (χ0v) is 12.2. The van der Waals surface area contributed by atoms with Crippen LogP contribution in [0.1, 0.15) is 18.7 Å². The number of rotatable bonds is 2. The van der Waals surface area contributed by atoms with Crippen LogP contribution in [0, 0.1) is 0 Å². The van der Waals surface area contributed by atoms with Crippen LogP contribution in [0.3, 0.4) is 0 Å². The fourth-order valence-electron chi connectivity index (χ4n) is 2.29. The number of imidazole rings is 1. The molecule has 2 heterocycles. The summed E-state index contributed by atoms with van der Waals surface area (Å²) in [6, 6.07) is 10.9. The van der Waals surface area contributed by atoms with E-state index >= 15 is 0 Å². The summed E-state index contributed by atoms with van der Waals surface area (Å²) in [6.45, 7) is 1.71. The van der Waals surface area contributed by atoms with E-state index in [4.69, 9.17) is 23.2 Å². The Kier molecular flexibility index (Phi) is 3.42. The highest BCUT2D eigenvalue weighted by Crippen LogP contribution is 2.34. The average molecular weight is 307 g/mol. The summed E-state index contributed by atoms with van der Waals surface area (Å²) >= 11 is 12.2. The Morgan fingerprint density at radius 3 is 2.70 bits per heavy atom. The molecule has 0 aliphatic carbocycles. The molecule has 3 rings (SSSR count). The second-order valence-corrected chi connectivity index (χ2v) is 5.42. The Hall–Kier alpha value is -1.55. The summed E-state index contributed by atoms with van der Waals surface area (Å²) in [5.41, 5.74) is 2.91. The minimum absolute atomic E-state index is 0.516. The molecule has 0 aliphatic heterocycles. The standard InChI is InChI=1S/C15H12Cl2N2O/c1-9(20)15-14(11-6-5-10(16)8-12(11)17)18-13-4-2-3-7-19(13)15/h2-9,20H,1H3. The SMILES string of the molecule is CC(O)c1c(-c2ccc(Cl)cc2Cl)nc2ccccn12. The minimum atomic E-state index is -0.658. The lowest BCUT2D eigenvalue weighted by Gasteiger charge is -2.09. The molecule has 0 spiro atoms. The van der Waals surface area contributed by atoms with Crippen LogP contribution in [0.15, 0.2) is 42.6 Å². The van der Waals surface area contributed by atoms with Crippen LogP contribution in [-0.4, -0.2) is 14.5 Å². The van der Waals surface area contributed by atoms with Gasteiger partial charge < -0.3 is 9.51 Å². The summed E-state index contributed by atoms with van der Waals surface area (Å²) < 4.78 is 1.87. The first-order valence-corrected chi connectivity index (χ1v) is 6.94. The van der Waals surface area contributed by atoms with E-state index in [9.17, 15) is 5.11 Å². The quantitative estimate of drug-likeness (QED) is 0.763. The topological polar surface area (TPSA) is 37.5 Å². The van der Waals surface area contributed by atoms with Crippen molar-refractivity contribution in [3.05, 3.63) is 58.3 Å². The second-order valence-electron chi connectivity index (χ2n) is 4.57. The molecule has 2 aromatic heterocycles.